The zero-order chi connectivity index (χ0) is 15.6. The van der Waals surface area contributed by atoms with Crippen LogP contribution in [0.4, 0.5) is 0 Å². The van der Waals surface area contributed by atoms with E-state index in [1.54, 1.807) is 0 Å². The Hall–Kier alpha value is -1.22. The highest BCUT2D eigenvalue weighted by Gasteiger charge is 2.44. The molecular formula is C17H23ClO3. The van der Waals surface area contributed by atoms with Gasteiger partial charge in [-0.05, 0) is 61.8 Å². The number of methoxy groups -OCH3 is 1. The van der Waals surface area contributed by atoms with Crippen LogP contribution < -0.4 is 4.74 Å². The lowest BCUT2D eigenvalue weighted by atomic mass is 9.93. The number of aryl methyl sites for hydroxylation is 1. The zero-order valence-electron chi connectivity index (χ0n) is 13.1. The van der Waals surface area contributed by atoms with E-state index in [1.807, 2.05) is 26.0 Å². The van der Waals surface area contributed by atoms with E-state index < -0.39 is 0 Å². The van der Waals surface area contributed by atoms with E-state index >= 15 is 0 Å². The van der Waals surface area contributed by atoms with Crippen molar-refractivity contribution < 1.29 is 14.3 Å². The third kappa shape index (κ3) is 3.70. The summed E-state index contributed by atoms with van der Waals surface area (Å²) in [6, 6.07) is 4.00. The Morgan fingerprint density at radius 2 is 2.19 bits per heavy atom. The molecule has 0 saturated heterocycles. The molecule has 0 bridgehead atoms. The average molecular weight is 311 g/mol. The molecule has 1 aromatic carbocycles. The van der Waals surface area contributed by atoms with E-state index in [-0.39, 0.29) is 11.9 Å². The minimum Gasteiger partial charge on any atom is -0.494 e. The fraction of sp³-hybridized carbons (Fsp3) is 0.588. The van der Waals surface area contributed by atoms with E-state index in [1.165, 1.54) is 7.11 Å². The first-order chi connectivity index (χ1) is 9.97. The van der Waals surface area contributed by atoms with Gasteiger partial charge in [0, 0.05) is 5.02 Å². The van der Waals surface area contributed by atoms with Gasteiger partial charge in [0.1, 0.15) is 5.75 Å². The molecule has 0 N–H and O–H groups in total. The van der Waals surface area contributed by atoms with E-state index in [0.717, 1.165) is 34.7 Å². The minimum absolute atomic E-state index is 0.0777. The molecule has 0 radical (unpaired) electrons. The second-order valence-electron chi connectivity index (χ2n) is 5.83. The molecule has 0 heterocycles. The van der Waals surface area contributed by atoms with Crippen LogP contribution >= 0.6 is 11.6 Å². The SMILES string of the molecule is CCOc1cc(C)c(Cl)cc1C(C)CC1CC1C(=O)OC. The standard InChI is InChI=1S/C17H23ClO3/c1-5-21-16-7-11(3)15(18)9-13(16)10(2)6-12-8-14(12)17(19)20-4/h7,9-10,12,14H,5-6,8H2,1-4H3. The van der Waals surface area contributed by atoms with Gasteiger partial charge in [0.05, 0.1) is 19.6 Å². The van der Waals surface area contributed by atoms with Gasteiger partial charge in [-0.3, -0.25) is 4.79 Å². The molecule has 1 fully saturated rings. The Balaban J connectivity index is 2.10. The molecule has 1 aliphatic carbocycles. The van der Waals surface area contributed by atoms with Crippen LogP contribution in [0.1, 0.15) is 43.7 Å². The van der Waals surface area contributed by atoms with Crippen molar-refractivity contribution in [3.8, 4) is 5.75 Å². The van der Waals surface area contributed by atoms with Gasteiger partial charge >= 0.3 is 5.97 Å². The van der Waals surface area contributed by atoms with Gasteiger partial charge in [-0.25, -0.2) is 0 Å². The van der Waals surface area contributed by atoms with Crippen molar-refractivity contribution in [2.45, 2.75) is 39.5 Å². The fourth-order valence-electron chi connectivity index (χ4n) is 2.87. The summed E-state index contributed by atoms with van der Waals surface area (Å²) in [4.78, 5) is 11.5. The molecule has 1 saturated carbocycles. The molecule has 0 aromatic heterocycles. The predicted octanol–water partition coefficient (Wildman–Crippen LogP) is 4.35. The van der Waals surface area contributed by atoms with E-state index in [0.29, 0.717) is 18.4 Å². The first kappa shape index (κ1) is 16.2. The van der Waals surface area contributed by atoms with Gasteiger partial charge in [0.25, 0.3) is 0 Å². The largest absolute Gasteiger partial charge is 0.494 e. The molecule has 0 amide bonds. The maximum absolute atomic E-state index is 11.5. The van der Waals surface area contributed by atoms with Crippen molar-refractivity contribution in [2.24, 2.45) is 11.8 Å². The lowest BCUT2D eigenvalue weighted by Gasteiger charge is -2.18. The highest BCUT2D eigenvalue weighted by Crippen LogP contribution is 2.47. The lowest BCUT2D eigenvalue weighted by Crippen LogP contribution is -2.07. The number of esters is 1. The van der Waals surface area contributed by atoms with Crippen molar-refractivity contribution in [1.82, 2.24) is 0 Å². The average Bonchev–Trinajstić information content (AvgIpc) is 3.21. The fourth-order valence-corrected chi connectivity index (χ4v) is 3.04. The van der Waals surface area contributed by atoms with Crippen LogP contribution in [-0.2, 0) is 9.53 Å². The van der Waals surface area contributed by atoms with Crippen LogP contribution in [0.5, 0.6) is 5.75 Å². The monoisotopic (exact) mass is 310 g/mol. The Morgan fingerprint density at radius 1 is 1.48 bits per heavy atom. The van der Waals surface area contributed by atoms with Gasteiger partial charge in [-0.15, -0.1) is 0 Å². The van der Waals surface area contributed by atoms with E-state index in [2.05, 4.69) is 6.92 Å². The van der Waals surface area contributed by atoms with Crippen molar-refractivity contribution in [3.05, 3.63) is 28.3 Å². The lowest BCUT2D eigenvalue weighted by molar-refractivity contribution is -0.142. The Kier molecular flexibility index (Phi) is 5.15. The molecule has 1 aromatic rings. The van der Waals surface area contributed by atoms with Crippen LogP contribution in [0.3, 0.4) is 0 Å². The van der Waals surface area contributed by atoms with E-state index in [4.69, 9.17) is 21.1 Å². The first-order valence-electron chi connectivity index (χ1n) is 7.48. The van der Waals surface area contributed by atoms with Crippen molar-refractivity contribution in [3.63, 3.8) is 0 Å². The summed E-state index contributed by atoms with van der Waals surface area (Å²) in [5.41, 5.74) is 2.15. The molecule has 3 atom stereocenters. The summed E-state index contributed by atoms with van der Waals surface area (Å²) >= 11 is 6.25. The van der Waals surface area contributed by atoms with Gasteiger partial charge in [-0.1, -0.05) is 18.5 Å². The van der Waals surface area contributed by atoms with Gasteiger partial charge in [-0.2, -0.15) is 0 Å². The van der Waals surface area contributed by atoms with Crippen LogP contribution in [0, 0.1) is 18.8 Å². The van der Waals surface area contributed by atoms with Gasteiger partial charge < -0.3 is 9.47 Å². The number of benzene rings is 1. The molecule has 3 unspecified atom stereocenters. The summed E-state index contributed by atoms with van der Waals surface area (Å²) in [5.74, 6) is 1.63. The number of carbonyl (C=O) groups excluding carboxylic acids is 1. The predicted molar refractivity (Wildman–Crippen MR) is 84.0 cm³/mol. The molecule has 21 heavy (non-hydrogen) atoms. The normalized spacial score (nSPS) is 21.8. The second-order valence-corrected chi connectivity index (χ2v) is 6.24. The molecule has 116 valence electrons. The number of ether oxygens (including phenoxy) is 2. The topological polar surface area (TPSA) is 35.5 Å². The van der Waals surface area contributed by atoms with Crippen LogP contribution in [0.25, 0.3) is 0 Å². The Labute approximate surface area is 131 Å². The number of hydrogen-bond acceptors (Lipinski definition) is 3. The van der Waals surface area contributed by atoms with Crippen LogP contribution in [0.15, 0.2) is 12.1 Å². The molecule has 0 aliphatic heterocycles. The number of halogens is 1. The summed E-state index contributed by atoms with van der Waals surface area (Å²) in [7, 11) is 1.45. The van der Waals surface area contributed by atoms with Crippen molar-refractivity contribution in [2.75, 3.05) is 13.7 Å². The maximum atomic E-state index is 11.5. The molecule has 1 aliphatic rings. The molecule has 0 spiro atoms. The highest BCUT2D eigenvalue weighted by molar-refractivity contribution is 6.31. The number of hydrogen-bond donors (Lipinski definition) is 0. The Bertz CT molecular complexity index is 527. The molecule has 4 heteroatoms. The summed E-state index contributed by atoms with van der Waals surface area (Å²) in [6.45, 7) is 6.76. The number of rotatable bonds is 6. The smallest absolute Gasteiger partial charge is 0.308 e. The Morgan fingerprint density at radius 3 is 2.81 bits per heavy atom. The third-order valence-electron chi connectivity index (χ3n) is 4.20. The van der Waals surface area contributed by atoms with Crippen LogP contribution in [0.2, 0.25) is 5.02 Å². The second kappa shape index (κ2) is 6.69. The number of carbonyl (C=O) groups is 1. The van der Waals surface area contributed by atoms with Crippen molar-refractivity contribution in [1.29, 1.82) is 0 Å². The third-order valence-corrected chi connectivity index (χ3v) is 4.61. The molecular weight excluding hydrogens is 288 g/mol. The molecule has 2 rings (SSSR count). The zero-order valence-corrected chi connectivity index (χ0v) is 13.9. The van der Waals surface area contributed by atoms with Crippen molar-refractivity contribution >= 4 is 17.6 Å². The highest BCUT2D eigenvalue weighted by atomic mass is 35.5. The summed E-state index contributed by atoms with van der Waals surface area (Å²) in [5, 5.41) is 0.764. The maximum Gasteiger partial charge on any atom is 0.308 e. The minimum atomic E-state index is -0.0841. The van der Waals surface area contributed by atoms with Gasteiger partial charge in [0.15, 0.2) is 0 Å². The van der Waals surface area contributed by atoms with Gasteiger partial charge in [0.2, 0.25) is 0 Å². The summed E-state index contributed by atoms with van der Waals surface area (Å²) in [6.07, 6.45) is 1.89. The summed E-state index contributed by atoms with van der Waals surface area (Å²) < 4.78 is 10.5. The first-order valence-corrected chi connectivity index (χ1v) is 7.86. The van der Waals surface area contributed by atoms with E-state index in [9.17, 15) is 4.79 Å². The quantitative estimate of drug-likeness (QED) is 0.733. The molecule has 3 nitrogen and oxygen atoms in total. The van der Waals surface area contributed by atoms with Crippen LogP contribution in [-0.4, -0.2) is 19.7 Å².